The number of nitrogens with zero attached hydrogens (tertiary/aromatic N) is 1. The summed E-state index contributed by atoms with van der Waals surface area (Å²) in [7, 11) is 3.29. The Kier molecular flexibility index (Phi) is 7.72. The van der Waals surface area contributed by atoms with Crippen LogP contribution >= 0.6 is 11.6 Å². The number of anilines is 1. The zero-order valence-corrected chi connectivity index (χ0v) is 16.4. The Morgan fingerprint density at radius 1 is 1.31 bits per heavy atom. The summed E-state index contributed by atoms with van der Waals surface area (Å²) in [6.45, 7) is 1.90. The van der Waals surface area contributed by atoms with Crippen molar-refractivity contribution in [3.63, 3.8) is 0 Å². The lowest BCUT2D eigenvalue weighted by Gasteiger charge is -2.28. The summed E-state index contributed by atoms with van der Waals surface area (Å²) >= 11 is 5.98. The Balaban J connectivity index is 1.87. The van der Waals surface area contributed by atoms with E-state index in [1.165, 1.54) is 26.4 Å². The molecule has 0 saturated heterocycles. The van der Waals surface area contributed by atoms with Gasteiger partial charge < -0.3 is 15.4 Å². The van der Waals surface area contributed by atoms with Crippen LogP contribution in [0.25, 0.3) is 0 Å². The van der Waals surface area contributed by atoms with Crippen molar-refractivity contribution in [2.24, 2.45) is 0 Å². The Morgan fingerprint density at radius 3 is 2.65 bits per heavy atom. The number of carbonyl (C=O) groups is 2. The van der Waals surface area contributed by atoms with Gasteiger partial charge in [-0.15, -0.1) is 0 Å². The molecule has 1 aromatic carbocycles. The lowest BCUT2D eigenvalue weighted by molar-refractivity contribution is -0.127. The number of nitrogens with one attached hydrogen (secondary N) is 2. The summed E-state index contributed by atoms with van der Waals surface area (Å²) < 4.78 is 5.23. The zero-order chi connectivity index (χ0) is 19.1. The highest BCUT2D eigenvalue weighted by molar-refractivity contribution is 6.31. The van der Waals surface area contributed by atoms with Crippen LogP contribution < -0.4 is 15.4 Å². The fraction of sp³-hybridized carbons (Fsp3) is 0.579. The molecule has 2 amide bonds. The van der Waals surface area contributed by atoms with E-state index in [-0.39, 0.29) is 30.4 Å². The van der Waals surface area contributed by atoms with E-state index in [0.717, 1.165) is 12.8 Å². The number of rotatable bonds is 7. The first-order chi connectivity index (χ1) is 12.4. The van der Waals surface area contributed by atoms with E-state index in [0.29, 0.717) is 16.5 Å². The molecule has 1 aromatic rings. The molecular weight excluding hydrogens is 354 g/mol. The normalized spacial score (nSPS) is 16.2. The van der Waals surface area contributed by atoms with Gasteiger partial charge in [-0.2, -0.15) is 0 Å². The molecule has 1 fully saturated rings. The topological polar surface area (TPSA) is 70.7 Å². The molecule has 0 spiro atoms. The quantitative estimate of drug-likeness (QED) is 0.761. The number of amides is 2. The highest BCUT2D eigenvalue weighted by Crippen LogP contribution is 2.27. The Labute approximate surface area is 160 Å². The van der Waals surface area contributed by atoms with Crippen molar-refractivity contribution < 1.29 is 14.3 Å². The molecule has 1 saturated carbocycles. The number of hydrogen-bond acceptors (Lipinski definition) is 4. The number of likely N-dealkylation sites (N-methyl/N-ethyl adjacent to an activating group) is 1. The molecule has 7 heteroatoms. The van der Waals surface area contributed by atoms with Gasteiger partial charge in [0.05, 0.1) is 25.4 Å². The molecule has 0 unspecified atom stereocenters. The van der Waals surface area contributed by atoms with Crippen LogP contribution in [0.4, 0.5) is 5.69 Å². The Bertz CT molecular complexity index is 632. The monoisotopic (exact) mass is 381 g/mol. The number of benzene rings is 1. The maximum atomic E-state index is 12.4. The van der Waals surface area contributed by atoms with Crippen molar-refractivity contribution in [2.45, 2.75) is 51.1 Å². The molecule has 0 bridgehead atoms. The van der Waals surface area contributed by atoms with Crippen molar-refractivity contribution >= 4 is 29.1 Å². The van der Waals surface area contributed by atoms with Crippen LogP contribution in [0, 0.1) is 0 Å². The maximum absolute atomic E-state index is 12.4. The highest BCUT2D eigenvalue weighted by atomic mass is 35.5. The van der Waals surface area contributed by atoms with Crippen LogP contribution in [-0.2, 0) is 9.59 Å². The van der Waals surface area contributed by atoms with E-state index < -0.39 is 0 Å². The van der Waals surface area contributed by atoms with Gasteiger partial charge in [0.15, 0.2) is 0 Å². The molecule has 1 aliphatic rings. The smallest absolute Gasteiger partial charge is 0.238 e. The van der Waals surface area contributed by atoms with Crippen molar-refractivity contribution in [2.75, 3.05) is 26.0 Å². The summed E-state index contributed by atoms with van der Waals surface area (Å²) in [4.78, 5) is 26.5. The second kappa shape index (κ2) is 9.78. The minimum atomic E-state index is -0.385. The van der Waals surface area contributed by atoms with Crippen molar-refractivity contribution in [1.82, 2.24) is 10.2 Å². The minimum Gasteiger partial charge on any atom is -0.495 e. The standard InChI is InChI=1S/C19H28ClN3O3/c1-13(19(25)21-15-7-5-4-6-8-15)23(2)12-18(24)22-16-11-14(20)9-10-17(16)26-3/h9-11,13,15H,4-8,12H2,1-3H3,(H,21,25)(H,22,24)/t13-/m0/s1. The second-order valence-electron chi connectivity index (χ2n) is 6.83. The number of methoxy groups -OCH3 is 1. The van der Waals surface area contributed by atoms with Gasteiger partial charge in [-0.3, -0.25) is 14.5 Å². The molecule has 0 aliphatic heterocycles. The molecule has 1 aliphatic carbocycles. The van der Waals surface area contributed by atoms with Gasteiger partial charge in [-0.05, 0) is 45.0 Å². The van der Waals surface area contributed by atoms with Gasteiger partial charge in [-0.25, -0.2) is 0 Å². The van der Waals surface area contributed by atoms with E-state index in [4.69, 9.17) is 16.3 Å². The van der Waals surface area contributed by atoms with Crippen molar-refractivity contribution in [1.29, 1.82) is 0 Å². The van der Waals surface area contributed by atoms with Crippen LogP contribution in [0.2, 0.25) is 5.02 Å². The third-order valence-corrected chi connectivity index (χ3v) is 5.06. The molecule has 0 aromatic heterocycles. The first-order valence-electron chi connectivity index (χ1n) is 9.04. The summed E-state index contributed by atoms with van der Waals surface area (Å²) in [6.07, 6.45) is 5.65. The molecular formula is C19H28ClN3O3. The van der Waals surface area contributed by atoms with Gasteiger partial charge in [0, 0.05) is 11.1 Å². The first-order valence-corrected chi connectivity index (χ1v) is 9.42. The van der Waals surface area contributed by atoms with E-state index in [1.54, 1.807) is 30.1 Å². The molecule has 0 radical (unpaired) electrons. The second-order valence-corrected chi connectivity index (χ2v) is 7.26. The number of carbonyl (C=O) groups excluding carboxylic acids is 2. The minimum absolute atomic E-state index is 0.0347. The van der Waals surface area contributed by atoms with Crippen LogP contribution in [0.5, 0.6) is 5.75 Å². The van der Waals surface area contributed by atoms with Gasteiger partial charge in [0.2, 0.25) is 11.8 Å². The summed E-state index contributed by atoms with van der Waals surface area (Å²) in [5.74, 6) is 0.270. The van der Waals surface area contributed by atoms with E-state index in [9.17, 15) is 9.59 Å². The van der Waals surface area contributed by atoms with Gasteiger partial charge in [0.1, 0.15) is 5.75 Å². The number of hydrogen-bond donors (Lipinski definition) is 2. The molecule has 2 rings (SSSR count). The predicted molar refractivity (Wildman–Crippen MR) is 104 cm³/mol. The van der Waals surface area contributed by atoms with E-state index in [1.807, 2.05) is 6.92 Å². The third-order valence-electron chi connectivity index (χ3n) is 4.82. The lowest BCUT2D eigenvalue weighted by Crippen LogP contribution is -2.49. The average molecular weight is 382 g/mol. The highest BCUT2D eigenvalue weighted by Gasteiger charge is 2.23. The molecule has 0 heterocycles. The van der Waals surface area contributed by atoms with Crippen molar-refractivity contribution in [3.8, 4) is 5.75 Å². The number of ether oxygens (including phenoxy) is 1. The SMILES string of the molecule is COc1ccc(Cl)cc1NC(=O)CN(C)[C@@H](C)C(=O)NC1CCCCC1. The van der Waals surface area contributed by atoms with E-state index >= 15 is 0 Å². The largest absolute Gasteiger partial charge is 0.495 e. The van der Waals surface area contributed by atoms with Crippen molar-refractivity contribution in [3.05, 3.63) is 23.2 Å². The first kappa shape index (κ1) is 20.5. The molecule has 1 atom stereocenters. The zero-order valence-electron chi connectivity index (χ0n) is 15.7. The van der Waals surface area contributed by atoms with Crippen LogP contribution in [-0.4, -0.2) is 49.5 Å². The molecule has 2 N–H and O–H groups in total. The average Bonchev–Trinajstić information content (AvgIpc) is 2.62. The summed E-state index contributed by atoms with van der Waals surface area (Å²) in [6, 6.07) is 4.90. The fourth-order valence-corrected chi connectivity index (χ4v) is 3.27. The predicted octanol–water partition coefficient (Wildman–Crippen LogP) is 3.06. The van der Waals surface area contributed by atoms with Gasteiger partial charge >= 0.3 is 0 Å². The summed E-state index contributed by atoms with van der Waals surface area (Å²) in [5.41, 5.74) is 0.512. The third kappa shape index (κ3) is 5.88. The fourth-order valence-electron chi connectivity index (χ4n) is 3.10. The Hall–Kier alpha value is -1.79. The van der Waals surface area contributed by atoms with Crippen LogP contribution in [0.15, 0.2) is 18.2 Å². The molecule has 6 nitrogen and oxygen atoms in total. The van der Waals surface area contributed by atoms with Crippen LogP contribution in [0.3, 0.4) is 0 Å². The molecule has 144 valence electrons. The Morgan fingerprint density at radius 2 is 2.00 bits per heavy atom. The van der Waals surface area contributed by atoms with E-state index in [2.05, 4.69) is 10.6 Å². The lowest BCUT2D eigenvalue weighted by atomic mass is 9.95. The number of halogens is 1. The molecule has 26 heavy (non-hydrogen) atoms. The van der Waals surface area contributed by atoms with Gasteiger partial charge in [-0.1, -0.05) is 30.9 Å². The van der Waals surface area contributed by atoms with Crippen LogP contribution in [0.1, 0.15) is 39.0 Å². The summed E-state index contributed by atoms with van der Waals surface area (Å²) in [5, 5.41) is 6.39. The van der Waals surface area contributed by atoms with Gasteiger partial charge in [0.25, 0.3) is 0 Å². The maximum Gasteiger partial charge on any atom is 0.238 e.